The SMILES string of the molecule is CNC(=O)[C@H](Cc1ccccc1)NC(=O)N(CCC(C)C)CC(CSc1ccccc1)C(=O)NO. The third kappa shape index (κ3) is 10.00. The van der Waals surface area contributed by atoms with Crippen LogP contribution < -0.4 is 16.1 Å². The van der Waals surface area contributed by atoms with Gasteiger partial charge in [-0.1, -0.05) is 62.4 Å². The molecule has 0 radical (unpaired) electrons. The fourth-order valence-corrected chi connectivity index (χ4v) is 4.45. The normalized spacial score (nSPS) is 12.5. The summed E-state index contributed by atoms with van der Waals surface area (Å²) in [7, 11) is 1.53. The van der Waals surface area contributed by atoms with E-state index in [-0.39, 0.29) is 12.5 Å². The summed E-state index contributed by atoms with van der Waals surface area (Å²) in [5, 5.41) is 14.8. The molecule has 2 atom stereocenters. The molecule has 0 aliphatic rings. The van der Waals surface area contributed by atoms with E-state index in [4.69, 9.17) is 0 Å². The van der Waals surface area contributed by atoms with Crippen molar-refractivity contribution in [2.45, 2.75) is 37.6 Å². The first-order chi connectivity index (χ1) is 16.8. The fraction of sp³-hybridized carbons (Fsp3) is 0.423. The van der Waals surface area contributed by atoms with E-state index in [1.807, 2.05) is 60.7 Å². The number of carbonyl (C=O) groups is 3. The summed E-state index contributed by atoms with van der Waals surface area (Å²) in [6.07, 6.45) is 1.07. The molecule has 1 unspecified atom stereocenters. The number of hydrogen-bond acceptors (Lipinski definition) is 5. The number of hydroxylamine groups is 1. The van der Waals surface area contributed by atoms with Gasteiger partial charge in [-0.3, -0.25) is 14.8 Å². The Morgan fingerprint density at radius 3 is 2.17 bits per heavy atom. The molecule has 8 nitrogen and oxygen atoms in total. The summed E-state index contributed by atoms with van der Waals surface area (Å²) in [5.74, 6) is -0.771. The van der Waals surface area contributed by atoms with E-state index in [0.717, 1.165) is 16.9 Å². The first-order valence-electron chi connectivity index (χ1n) is 11.8. The Kier molecular flexibility index (Phi) is 12.1. The first-order valence-corrected chi connectivity index (χ1v) is 12.7. The van der Waals surface area contributed by atoms with Crippen LogP contribution in [0.4, 0.5) is 4.79 Å². The Labute approximate surface area is 211 Å². The van der Waals surface area contributed by atoms with Crippen molar-refractivity contribution >= 4 is 29.6 Å². The predicted molar refractivity (Wildman–Crippen MR) is 138 cm³/mol. The Balaban J connectivity index is 2.16. The van der Waals surface area contributed by atoms with Gasteiger partial charge in [-0.05, 0) is 30.0 Å². The second kappa shape index (κ2) is 15.1. The molecule has 9 heteroatoms. The van der Waals surface area contributed by atoms with E-state index in [2.05, 4.69) is 24.5 Å². The van der Waals surface area contributed by atoms with Crippen LogP contribution in [-0.4, -0.2) is 59.9 Å². The quantitative estimate of drug-likeness (QED) is 0.192. The minimum atomic E-state index is -0.764. The van der Waals surface area contributed by atoms with Crippen molar-refractivity contribution in [3.63, 3.8) is 0 Å². The molecular weight excluding hydrogens is 464 g/mol. The van der Waals surface area contributed by atoms with Gasteiger partial charge in [0.1, 0.15) is 6.04 Å². The van der Waals surface area contributed by atoms with Crippen molar-refractivity contribution in [2.75, 3.05) is 25.9 Å². The molecule has 0 spiro atoms. The number of carbonyl (C=O) groups excluding carboxylic acids is 3. The average Bonchev–Trinajstić information content (AvgIpc) is 2.87. The van der Waals surface area contributed by atoms with Crippen LogP contribution in [0, 0.1) is 11.8 Å². The molecule has 0 aromatic heterocycles. The molecular formula is C26H36N4O4S. The fourth-order valence-electron chi connectivity index (χ4n) is 3.45. The molecule has 0 aliphatic carbocycles. The van der Waals surface area contributed by atoms with Crippen molar-refractivity contribution in [3.8, 4) is 0 Å². The van der Waals surface area contributed by atoms with E-state index in [1.54, 1.807) is 10.4 Å². The molecule has 0 fully saturated rings. The molecule has 0 aliphatic heterocycles. The third-order valence-corrected chi connectivity index (χ3v) is 6.70. The van der Waals surface area contributed by atoms with Gasteiger partial charge in [-0.15, -0.1) is 11.8 Å². The topological polar surface area (TPSA) is 111 Å². The number of thioether (sulfide) groups is 1. The highest BCUT2D eigenvalue weighted by Crippen LogP contribution is 2.21. The number of likely N-dealkylation sites (N-methyl/N-ethyl adjacent to an activating group) is 1. The highest BCUT2D eigenvalue weighted by atomic mass is 32.2. The maximum atomic E-state index is 13.3. The van der Waals surface area contributed by atoms with Gasteiger partial charge in [0.15, 0.2) is 0 Å². The first kappa shape index (κ1) is 28.2. The summed E-state index contributed by atoms with van der Waals surface area (Å²) >= 11 is 1.48. The van der Waals surface area contributed by atoms with Gasteiger partial charge < -0.3 is 15.5 Å². The number of hydrogen-bond donors (Lipinski definition) is 4. The summed E-state index contributed by atoms with van der Waals surface area (Å²) in [4.78, 5) is 40.9. The summed E-state index contributed by atoms with van der Waals surface area (Å²) in [6.45, 7) is 4.64. The number of benzene rings is 2. The molecule has 4 N–H and O–H groups in total. The van der Waals surface area contributed by atoms with Crippen molar-refractivity contribution in [2.24, 2.45) is 11.8 Å². The minimum absolute atomic E-state index is 0.108. The molecule has 2 rings (SSSR count). The summed E-state index contributed by atoms with van der Waals surface area (Å²) < 4.78 is 0. The third-order valence-electron chi connectivity index (χ3n) is 5.52. The molecule has 35 heavy (non-hydrogen) atoms. The highest BCUT2D eigenvalue weighted by molar-refractivity contribution is 7.99. The zero-order chi connectivity index (χ0) is 25.6. The minimum Gasteiger partial charge on any atom is -0.357 e. The average molecular weight is 501 g/mol. The molecule has 2 aromatic rings. The second-order valence-corrected chi connectivity index (χ2v) is 9.83. The lowest BCUT2D eigenvalue weighted by Crippen LogP contribution is -2.53. The second-order valence-electron chi connectivity index (χ2n) is 8.73. The Morgan fingerprint density at radius 1 is 0.971 bits per heavy atom. The predicted octanol–water partition coefficient (Wildman–Crippen LogP) is 3.32. The molecule has 4 amide bonds. The number of amides is 4. The standard InChI is InChI=1S/C26H36N4O4S/c1-19(2)14-15-30(17-21(24(31)29-34)18-35-22-12-8-5-9-13-22)26(33)28-23(25(32)27-3)16-20-10-6-4-7-11-20/h4-13,19,21,23,34H,14-18H2,1-3H3,(H,27,32)(H,28,33)(H,29,31)/t21?,23-/m0/s1. The van der Waals surface area contributed by atoms with Crippen molar-refractivity contribution in [3.05, 3.63) is 66.2 Å². The maximum absolute atomic E-state index is 13.3. The van der Waals surface area contributed by atoms with Crippen LogP contribution in [-0.2, 0) is 16.0 Å². The Bertz CT molecular complexity index is 927. The lowest BCUT2D eigenvalue weighted by molar-refractivity contribution is -0.133. The van der Waals surface area contributed by atoms with Crippen LogP contribution in [0.5, 0.6) is 0 Å². The summed E-state index contributed by atoms with van der Waals surface area (Å²) in [6, 6.07) is 17.9. The summed E-state index contributed by atoms with van der Waals surface area (Å²) in [5.41, 5.74) is 2.66. The Hall–Kier alpha value is -3.04. The van der Waals surface area contributed by atoms with Gasteiger partial charge in [0.2, 0.25) is 11.8 Å². The zero-order valence-corrected chi connectivity index (χ0v) is 21.4. The lowest BCUT2D eigenvalue weighted by atomic mass is 10.1. The maximum Gasteiger partial charge on any atom is 0.318 e. The molecule has 0 heterocycles. The largest absolute Gasteiger partial charge is 0.357 e. The smallest absolute Gasteiger partial charge is 0.318 e. The number of nitrogens with one attached hydrogen (secondary N) is 3. The molecule has 0 saturated carbocycles. The van der Waals surface area contributed by atoms with Gasteiger partial charge >= 0.3 is 6.03 Å². The molecule has 2 aromatic carbocycles. The van der Waals surface area contributed by atoms with E-state index in [9.17, 15) is 19.6 Å². The van der Waals surface area contributed by atoms with Crippen LogP contribution in [0.2, 0.25) is 0 Å². The van der Waals surface area contributed by atoms with Crippen LogP contribution in [0.25, 0.3) is 0 Å². The molecule has 0 bridgehead atoms. The van der Waals surface area contributed by atoms with Crippen LogP contribution in [0.1, 0.15) is 25.8 Å². The van der Waals surface area contributed by atoms with Gasteiger partial charge in [0, 0.05) is 37.2 Å². The van der Waals surface area contributed by atoms with Gasteiger partial charge in [0.05, 0.1) is 5.92 Å². The zero-order valence-electron chi connectivity index (χ0n) is 20.6. The van der Waals surface area contributed by atoms with Crippen LogP contribution in [0.3, 0.4) is 0 Å². The Morgan fingerprint density at radius 2 is 1.60 bits per heavy atom. The monoisotopic (exact) mass is 500 g/mol. The van der Waals surface area contributed by atoms with Crippen LogP contribution in [0.15, 0.2) is 65.6 Å². The van der Waals surface area contributed by atoms with E-state index in [1.165, 1.54) is 18.8 Å². The lowest BCUT2D eigenvalue weighted by Gasteiger charge is -2.29. The number of rotatable bonds is 13. The van der Waals surface area contributed by atoms with Gasteiger partial charge in [-0.25, -0.2) is 10.3 Å². The highest BCUT2D eigenvalue weighted by Gasteiger charge is 2.28. The van der Waals surface area contributed by atoms with E-state index in [0.29, 0.717) is 24.6 Å². The van der Waals surface area contributed by atoms with Crippen molar-refractivity contribution in [1.82, 2.24) is 21.0 Å². The molecule has 190 valence electrons. The van der Waals surface area contributed by atoms with Crippen molar-refractivity contribution in [1.29, 1.82) is 0 Å². The van der Waals surface area contributed by atoms with E-state index >= 15 is 0 Å². The van der Waals surface area contributed by atoms with Gasteiger partial charge in [0.25, 0.3) is 0 Å². The van der Waals surface area contributed by atoms with Gasteiger partial charge in [-0.2, -0.15) is 0 Å². The number of urea groups is 1. The number of nitrogens with zero attached hydrogens (tertiary/aromatic N) is 1. The van der Waals surface area contributed by atoms with Crippen LogP contribution >= 0.6 is 11.8 Å². The molecule has 0 saturated heterocycles. The van der Waals surface area contributed by atoms with E-state index < -0.39 is 23.9 Å². The van der Waals surface area contributed by atoms with Crippen molar-refractivity contribution < 1.29 is 19.6 Å².